The van der Waals surface area contributed by atoms with E-state index >= 15 is 0 Å². The van der Waals surface area contributed by atoms with Crippen LogP contribution in [0, 0.1) is 6.92 Å². The molecule has 0 aliphatic carbocycles. The average Bonchev–Trinajstić information content (AvgIpc) is 3.14. The van der Waals surface area contributed by atoms with Crippen LogP contribution in [-0.4, -0.2) is 53.6 Å². The summed E-state index contributed by atoms with van der Waals surface area (Å²) in [6, 6.07) is 9.18. The van der Waals surface area contributed by atoms with E-state index < -0.39 is 0 Å². The van der Waals surface area contributed by atoms with Gasteiger partial charge in [-0.25, -0.2) is 0 Å². The molecule has 3 aliphatic rings. The minimum atomic E-state index is -0.0321. The summed E-state index contributed by atoms with van der Waals surface area (Å²) in [6.07, 6.45) is 4.89. The molecule has 1 amide bonds. The molecule has 0 unspecified atom stereocenters. The molecular weight excluding hydrogens is 300 g/mol. The second-order valence-corrected chi connectivity index (χ2v) is 7.82. The van der Waals surface area contributed by atoms with E-state index in [1.165, 1.54) is 11.1 Å². The Morgan fingerprint density at radius 1 is 1.33 bits per heavy atom. The van der Waals surface area contributed by atoms with Crippen molar-refractivity contribution >= 4 is 5.91 Å². The number of rotatable bonds is 3. The molecule has 4 rings (SSSR count). The van der Waals surface area contributed by atoms with Crippen molar-refractivity contribution in [1.82, 2.24) is 9.80 Å². The summed E-state index contributed by atoms with van der Waals surface area (Å²) in [4.78, 5) is 16.7. The fraction of sp³-hybridized carbons (Fsp3) is 0.650. The molecule has 0 radical (unpaired) electrons. The van der Waals surface area contributed by atoms with Crippen LogP contribution in [0.3, 0.4) is 0 Å². The highest BCUT2D eigenvalue weighted by Gasteiger charge is 2.45. The van der Waals surface area contributed by atoms with Gasteiger partial charge in [0.25, 0.3) is 0 Å². The summed E-state index contributed by atoms with van der Waals surface area (Å²) >= 11 is 0. The predicted octanol–water partition coefficient (Wildman–Crippen LogP) is 2.74. The quantitative estimate of drug-likeness (QED) is 0.855. The highest BCUT2D eigenvalue weighted by Crippen LogP contribution is 2.37. The van der Waals surface area contributed by atoms with Gasteiger partial charge in [0.2, 0.25) is 5.91 Å². The van der Waals surface area contributed by atoms with Crippen molar-refractivity contribution in [1.29, 1.82) is 0 Å². The van der Waals surface area contributed by atoms with Gasteiger partial charge in [0.1, 0.15) is 0 Å². The van der Waals surface area contributed by atoms with Gasteiger partial charge >= 0.3 is 0 Å². The highest BCUT2D eigenvalue weighted by molar-refractivity contribution is 5.78. The number of hydrogen-bond acceptors (Lipinski definition) is 3. The van der Waals surface area contributed by atoms with Crippen molar-refractivity contribution in [3.05, 3.63) is 35.4 Å². The summed E-state index contributed by atoms with van der Waals surface area (Å²) in [5.41, 5.74) is 2.67. The van der Waals surface area contributed by atoms with Gasteiger partial charge in [-0.2, -0.15) is 0 Å². The summed E-state index contributed by atoms with van der Waals surface area (Å²) in [7, 11) is 0. The van der Waals surface area contributed by atoms with Gasteiger partial charge in [-0.1, -0.05) is 29.8 Å². The Morgan fingerprint density at radius 2 is 2.25 bits per heavy atom. The summed E-state index contributed by atoms with van der Waals surface area (Å²) in [5, 5.41) is 0. The zero-order chi connectivity index (χ0) is 16.6. The predicted molar refractivity (Wildman–Crippen MR) is 93.7 cm³/mol. The number of ether oxygens (including phenoxy) is 1. The average molecular weight is 328 g/mol. The first-order chi connectivity index (χ1) is 11.6. The zero-order valence-electron chi connectivity index (χ0n) is 14.7. The van der Waals surface area contributed by atoms with E-state index in [1.54, 1.807) is 0 Å². The molecule has 3 aliphatic heterocycles. The SMILES string of the molecule is Cc1cccc(CN2CC[C@@]3(C[C@@H](N4CCCC4=O)CCO3)C2)c1. The van der Waals surface area contributed by atoms with Gasteiger partial charge in [0.15, 0.2) is 0 Å². The number of benzene rings is 1. The molecule has 0 bridgehead atoms. The van der Waals surface area contributed by atoms with E-state index in [-0.39, 0.29) is 5.60 Å². The topological polar surface area (TPSA) is 32.8 Å². The highest BCUT2D eigenvalue weighted by atomic mass is 16.5. The van der Waals surface area contributed by atoms with Gasteiger partial charge in [-0.05, 0) is 38.2 Å². The van der Waals surface area contributed by atoms with E-state index in [2.05, 4.69) is 41.0 Å². The Labute approximate surface area is 144 Å². The molecule has 3 heterocycles. The Morgan fingerprint density at radius 3 is 3.04 bits per heavy atom. The molecule has 3 saturated heterocycles. The van der Waals surface area contributed by atoms with Crippen molar-refractivity contribution in [3.63, 3.8) is 0 Å². The van der Waals surface area contributed by atoms with Crippen molar-refractivity contribution in [3.8, 4) is 0 Å². The Kier molecular flexibility index (Phi) is 4.35. The summed E-state index contributed by atoms with van der Waals surface area (Å²) in [5.74, 6) is 0.353. The smallest absolute Gasteiger partial charge is 0.222 e. The van der Waals surface area contributed by atoms with Gasteiger partial charge < -0.3 is 9.64 Å². The maximum absolute atomic E-state index is 12.1. The van der Waals surface area contributed by atoms with Crippen molar-refractivity contribution in [2.24, 2.45) is 0 Å². The van der Waals surface area contributed by atoms with E-state index in [0.717, 1.165) is 64.9 Å². The molecule has 130 valence electrons. The molecule has 1 aromatic carbocycles. The van der Waals surface area contributed by atoms with Gasteiger partial charge in [0, 0.05) is 45.2 Å². The van der Waals surface area contributed by atoms with Gasteiger partial charge in [-0.3, -0.25) is 9.69 Å². The lowest BCUT2D eigenvalue weighted by Crippen LogP contribution is -2.50. The van der Waals surface area contributed by atoms with E-state index in [0.29, 0.717) is 11.9 Å². The third kappa shape index (κ3) is 3.22. The standard InChI is InChI=1S/C20H28N2O2/c1-16-4-2-5-17(12-16)14-21-10-8-20(15-21)13-18(7-11-24-20)22-9-3-6-19(22)23/h2,4-5,12,18H,3,6-11,13-15H2,1H3/t18-,20+/m0/s1. The maximum atomic E-state index is 12.1. The van der Waals surface area contributed by atoms with Crippen molar-refractivity contribution in [2.75, 3.05) is 26.2 Å². The third-order valence-corrected chi connectivity index (χ3v) is 5.90. The second kappa shape index (κ2) is 6.49. The summed E-state index contributed by atoms with van der Waals surface area (Å²) in [6.45, 7) is 6.99. The first kappa shape index (κ1) is 16.1. The lowest BCUT2D eigenvalue weighted by molar-refractivity contribution is -0.137. The van der Waals surface area contributed by atoms with Crippen LogP contribution in [0.15, 0.2) is 24.3 Å². The lowest BCUT2D eigenvalue weighted by atomic mass is 9.89. The Hall–Kier alpha value is -1.39. The van der Waals surface area contributed by atoms with E-state index in [4.69, 9.17) is 4.74 Å². The van der Waals surface area contributed by atoms with Gasteiger partial charge in [0.05, 0.1) is 5.60 Å². The lowest BCUT2D eigenvalue weighted by Gasteiger charge is -2.41. The number of carbonyl (C=O) groups is 1. The van der Waals surface area contributed by atoms with Crippen LogP contribution in [-0.2, 0) is 16.1 Å². The molecule has 4 heteroatoms. The third-order valence-electron chi connectivity index (χ3n) is 5.90. The summed E-state index contributed by atoms with van der Waals surface area (Å²) < 4.78 is 6.26. The molecule has 24 heavy (non-hydrogen) atoms. The van der Waals surface area contributed by atoms with Crippen LogP contribution in [0.5, 0.6) is 0 Å². The first-order valence-corrected chi connectivity index (χ1v) is 9.35. The molecule has 2 atom stereocenters. The van der Waals surface area contributed by atoms with Crippen molar-refractivity contribution < 1.29 is 9.53 Å². The Balaban J connectivity index is 1.40. The van der Waals surface area contributed by atoms with Crippen LogP contribution in [0.25, 0.3) is 0 Å². The van der Waals surface area contributed by atoms with E-state index in [9.17, 15) is 4.79 Å². The minimum absolute atomic E-state index is 0.0321. The maximum Gasteiger partial charge on any atom is 0.222 e. The fourth-order valence-corrected chi connectivity index (χ4v) is 4.74. The van der Waals surface area contributed by atoms with Gasteiger partial charge in [-0.15, -0.1) is 0 Å². The fourth-order valence-electron chi connectivity index (χ4n) is 4.74. The molecule has 0 saturated carbocycles. The number of likely N-dealkylation sites (tertiary alicyclic amines) is 2. The normalized spacial score (nSPS) is 31.3. The Bertz CT molecular complexity index is 617. The minimum Gasteiger partial charge on any atom is -0.373 e. The molecule has 0 N–H and O–H groups in total. The molecule has 1 spiro atoms. The number of aryl methyl sites for hydroxylation is 1. The van der Waals surface area contributed by atoms with E-state index in [1.807, 2.05) is 0 Å². The zero-order valence-corrected chi connectivity index (χ0v) is 14.7. The molecule has 1 aromatic rings. The molecule has 3 fully saturated rings. The largest absolute Gasteiger partial charge is 0.373 e. The second-order valence-electron chi connectivity index (χ2n) is 7.82. The van der Waals surface area contributed by atoms with Crippen LogP contribution in [0.4, 0.5) is 0 Å². The number of amides is 1. The molecule has 0 aromatic heterocycles. The molecular formula is C20H28N2O2. The van der Waals surface area contributed by atoms with Crippen LogP contribution in [0.1, 0.15) is 43.2 Å². The monoisotopic (exact) mass is 328 g/mol. The van der Waals surface area contributed by atoms with Crippen LogP contribution in [0.2, 0.25) is 0 Å². The van der Waals surface area contributed by atoms with Crippen LogP contribution >= 0.6 is 0 Å². The van der Waals surface area contributed by atoms with Crippen molar-refractivity contribution in [2.45, 2.75) is 57.2 Å². The molecule has 4 nitrogen and oxygen atoms in total. The number of hydrogen-bond donors (Lipinski definition) is 0. The first-order valence-electron chi connectivity index (χ1n) is 9.35. The number of nitrogens with zero attached hydrogens (tertiary/aromatic N) is 2. The van der Waals surface area contributed by atoms with Crippen LogP contribution < -0.4 is 0 Å². The number of carbonyl (C=O) groups excluding carboxylic acids is 1.